The number of aryl methyl sites for hydroxylation is 2. The molecule has 6 heteroatoms. The van der Waals surface area contributed by atoms with Crippen LogP contribution in [0.15, 0.2) is 36.4 Å². The Hall–Kier alpha value is -2.99. The first-order valence-electron chi connectivity index (χ1n) is 9.84. The molecule has 152 valence electrons. The van der Waals surface area contributed by atoms with E-state index in [0.717, 1.165) is 17.5 Å². The van der Waals surface area contributed by atoms with Crippen molar-refractivity contribution < 1.29 is 14.4 Å². The SMILES string of the molecule is Cc1ccc(C)c(N2C(=O)c3ccc(C(=O)NC(CN)CC(C)C)cc3C2=O)c1. The molecule has 1 atom stereocenters. The number of benzene rings is 2. The Bertz CT molecular complexity index is 981. The Balaban J connectivity index is 1.89. The van der Waals surface area contributed by atoms with Crippen LogP contribution in [-0.4, -0.2) is 30.3 Å². The molecule has 1 aliphatic heterocycles. The molecule has 29 heavy (non-hydrogen) atoms. The molecule has 6 nitrogen and oxygen atoms in total. The van der Waals surface area contributed by atoms with Gasteiger partial charge >= 0.3 is 0 Å². The summed E-state index contributed by atoms with van der Waals surface area (Å²) in [5.41, 5.74) is 9.03. The van der Waals surface area contributed by atoms with Crippen LogP contribution in [0.1, 0.15) is 62.5 Å². The maximum atomic E-state index is 13.0. The number of imide groups is 1. The van der Waals surface area contributed by atoms with Gasteiger partial charge in [-0.1, -0.05) is 26.0 Å². The fraction of sp³-hybridized carbons (Fsp3) is 0.348. The van der Waals surface area contributed by atoms with E-state index in [2.05, 4.69) is 19.2 Å². The molecule has 0 radical (unpaired) electrons. The topological polar surface area (TPSA) is 92.5 Å². The van der Waals surface area contributed by atoms with Gasteiger partial charge in [-0.05, 0) is 61.6 Å². The van der Waals surface area contributed by atoms with E-state index in [1.54, 1.807) is 12.1 Å². The van der Waals surface area contributed by atoms with Crippen molar-refractivity contribution in [3.63, 3.8) is 0 Å². The molecule has 3 rings (SSSR count). The number of hydrogen-bond acceptors (Lipinski definition) is 4. The Morgan fingerprint density at radius 3 is 2.38 bits per heavy atom. The maximum absolute atomic E-state index is 13.0. The smallest absolute Gasteiger partial charge is 0.266 e. The van der Waals surface area contributed by atoms with E-state index in [1.807, 2.05) is 32.0 Å². The molecular weight excluding hydrogens is 366 g/mol. The lowest BCUT2D eigenvalue weighted by Crippen LogP contribution is -2.41. The number of fused-ring (bicyclic) bond motifs is 1. The summed E-state index contributed by atoms with van der Waals surface area (Å²) < 4.78 is 0. The fourth-order valence-electron chi connectivity index (χ4n) is 3.61. The van der Waals surface area contributed by atoms with Gasteiger partial charge in [-0.2, -0.15) is 0 Å². The highest BCUT2D eigenvalue weighted by Crippen LogP contribution is 2.31. The molecular formula is C23H27N3O3. The van der Waals surface area contributed by atoms with E-state index in [4.69, 9.17) is 5.73 Å². The molecule has 0 aromatic heterocycles. The minimum absolute atomic E-state index is 0.139. The van der Waals surface area contributed by atoms with Crippen molar-refractivity contribution in [3.05, 3.63) is 64.2 Å². The number of amides is 3. The number of rotatable bonds is 6. The average molecular weight is 393 g/mol. The Kier molecular flexibility index (Phi) is 5.84. The molecule has 1 unspecified atom stereocenters. The molecule has 3 N–H and O–H groups in total. The van der Waals surface area contributed by atoms with Crippen molar-refractivity contribution in [1.29, 1.82) is 0 Å². The maximum Gasteiger partial charge on any atom is 0.266 e. The fourth-order valence-corrected chi connectivity index (χ4v) is 3.61. The van der Waals surface area contributed by atoms with E-state index in [0.29, 0.717) is 29.3 Å². The lowest BCUT2D eigenvalue weighted by atomic mass is 10.0. The zero-order valence-corrected chi connectivity index (χ0v) is 17.3. The predicted molar refractivity (Wildman–Crippen MR) is 113 cm³/mol. The van der Waals surface area contributed by atoms with Crippen LogP contribution in [0, 0.1) is 19.8 Å². The first kappa shape index (κ1) is 20.7. The van der Waals surface area contributed by atoms with Crippen LogP contribution >= 0.6 is 0 Å². The van der Waals surface area contributed by atoms with E-state index in [-0.39, 0.29) is 23.4 Å². The monoisotopic (exact) mass is 393 g/mol. The highest BCUT2D eigenvalue weighted by Gasteiger charge is 2.37. The van der Waals surface area contributed by atoms with Crippen LogP contribution in [0.4, 0.5) is 5.69 Å². The van der Waals surface area contributed by atoms with Crippen molar-refractivity contribution in [2.24, 2.45) is 11.7 Å². The number of carbonyl (C=O) groups excluding carboxylic acids is 3. The van der Waals surface area contributed by atoms with Crippen LogP contribution in [-0.2, 0) is 0 Å². The molecule has 0 bridgehead atoms. The second-order valence-corrected chi connectivity index (χ2v) is 8.03. The van der Waals surface area contributed by atoms with Gasteiger partial charge < -0.3 is 11.1 Å². The zero-order chi connectivity index (χ0) is 21.3. The minimum atomic E-state index is -0.411. The quantitative estimate of drug-likeness (QED) is 0.737. The summed E-state index contributed by atoms with van der Waals surface area (Å²) in [4.78, 5) is 39.8. The normalized spacial score (nSPS) is 14.3. The van der Waals surface area contributed by atoms with Crippen LogP contribution < -0.4 is 16.0 Å². The van der Waals surface area contributed by atoms with Crippen LogP contribution in [0.2, 0.25) is 0 Å². The Labute approximate surface area is 171 Å². The van der Waals surface area contributed by atoms with E-state index >= 15 is 0 Å². The molecule has 0 aliphatic carbocycles. The van der Waals surface area contributed by atoms with Gasteiger partial charge in [0, 0.05) is 18.2 Å². The third-order valence-corrected chi connectivity index (χ3v) is 5.13. The standard InChI is InChI=1S/C23H27N3O3/c1-13(2)9-17(12-24)25-21(27)16-7-8-18-19(11-16)23(29)26(22(18)28)20-10-14(3)5-6-15(20)4/h5-8,10-11,13,17H,9,12,24H2,1-4H3,(H,25,27). The third kappa shape index (κ3) is 4.07. The van der Waals surface area contributed by atoms with Gasteiger partial charge in [-0.15, -0.1) is 0 Å². The van der Waals surface area contributed by atoms with E-state index in [1.165, 1.54) is 11.0 Å². The lowest BCUT2D eigenvalue weighted by molar-refractivity contribution is 0.0920. The van der Waals surface area contributed by atoms with Crippen molar-refractivity contribution in [2.45, 2.75) is 40.2 Å². The summed E-state index contributed by atoms with van der Waals surface area (Å²) in [5.74, 6) is -0.681. The molecule has 0 spiro atoms. The van der Waals surface area contributed by atoms with Crippen molar-refractivity contribution >= 4 is 23.4 Å². The number of carbonyl (C=O) groups is 3. The van der Waals surface area contributed by atoms with Gasteiger partial charge in [-0.3, -0.25) is 14.4 Å². The Morgan fingerprint density at radius 1 is 1.03 bits per heavy atom. The molecule has 0 saturated heterocycles. The van der Waals surface area contributed by atoms with Gasteiger partial charge in [-0.25, -0.2) is 4.90 Å². The third-order valence-electron chi connectivity index (χ3n) is 5.13. The number of anilines is 1. The highest BCUT2D eigenvalue weighted by molar-refractivity contribution is 6.35. The molecule has 3 amide bonds. The lowest BCUT2D eigenvalue weighted by Gasteiger charge is -2.19. The summed E-state index contributed by atoms with van der Waals surface area (Å²) in [6, 6.07) is 10.1. The van der Waals surface area contributed by atoms with Crippen LogP contribution in [0.3, 0.4) is 0 Å². The summed E-state index contributed by atoms with van der Waals surface area (Å²) in [6.45, 7) is 8.24. The number of nitrogens with zero attached hydrogens (tertiary/aromatic N) is 1. The number of hydrogen-bond donors (Lipinski definition) is 2. The van der Waals surface area contributed by atoms with Crippen molar-refractivity contribution in [2.75, 3.05) is 11.4 Å². The van der Waals surface area contributed by atoms with Gasteiger partial charge in [0.15, 0.2) is 0 Å². The highest BCUT2D eigenvalue weighted by atomic mass is 16.2. The second kappa shape index (κ2) is 8.17. The summed E-state index contributed by atoms with van der Waals surface area (Å²) in [7, 11) is 0. The summed E-state index contributed by atoms with van der Waals surface area (Å²) in [5, 5.41) is 2.92. The van der Waals surface area contributed by atoms with Gasteiger partial charge in [0.05, 0.1) is 16.8 Å². The van der Waals surface area contributed by atoms with E-state index in [9.17, 15) is 14.4 Å². The summed E-state index contributed by atoms with van der Waals surface area (Å²) >= 11 is 0. The average Bonchev–Trinajstić information content (AvgIpc) is 2.93. The largest absolute Gasteiger partial charge is 0.348 e. The molecule has 2 aromatic rings. The van der Waals surface area contributed by atoms with E-state index < -0.39 is 5.91 Å². The number of nitrogens with two attached hydrogens (primary N) is 1. The minimum Gasteiger partial charge on any atom is -0.348 e. The van der Waals surface area contributed by atoms with Gasteiger partial charge in [0.2, 0.25) is 0 Å². The molecule has 1 aliphatic rings. The molecule has 0 fully saturated rings. The summed E-state index contributed by atoms with van der Waals surface area (Å²) in [6.07, 6.45) is 0.769. The molecule has 1 heterocycles. The van der Waals surface area contributed by atoms with Crippen molar-refractivity contribution in [1.82, 2.24) is 5.32 Å². The second-order valence-electron chi connectivity index (χ2n) is 8.03. The molecule has 0 saturated carbocycles. The number of nitrogens with one attached hydrogen (secondary N) is 1. The van der Waals surface area contributed by atoms with Gasteiger partial charge in [0.1, 0.15) is 0 Å². The predicted octanol–water partition coefficient (Wildman–Crippen LogP) is 3.21. The Morgan fingerprint density at radius 2 is 1.72 bits per heavy atom. The van der Waals surface area contributed by atoms with Gasteiger partial charge in [0.25, 0.3) is 17.7 Å². The first-order chi connectivity index (χ1) is 13.7. The molecule has 2 aromatic carbocycles. The first-order valence-corrected chi connectivity index (χ1v) is 9.84. The van der Waals surface area contributed by atoms with Crippen LogP contribution in [0.5, 0.6) is 0 Å². The zero-order valence-electron chi connectivity index (χ0n) is 17.3. The van der Waals surface area contributed by atoms with Crippen LogP contribution in [0.25, 0.3) is 0 Å². The van der Waals surface area contributed by atoms with Crippen molar-refractivity contribution in [3.8, 4) is 0 Å².